The van der Waals surface area contributed by atoms with Crippen LogP contribution in [0.1, 0.15) is 13.3 Å². The summed E-state index contributed by atoms with van der Waals surface area (Å²) in [6.45, 7) is 2.10. The summed E-state index contributed by atoms with van der Waals surface area (Å²) in [5.41, 5.74) is 0.504. The fourth-order valence-electron chi connectivity index (χ4n) is 1.84. The Bertz CT molecular complexity index is 754. The predicted octanol–water partition coefficient (Wildman–Crippen LogP) is 2.91. The van der Waals surface area contributed by atoms with Gasteiger partial charge in [-0.1, -0.05) is 13.0 Å². The van der Waals surface area contributed by atoms with Crippen LogP contribution in [0.4, 0.5) is 5.69 Å². The van der Waals surface area contributed by atoms with Gasteiger partial charge in [0.25, 0.3) is 10.0 Å². The van der Waals surface area contributed by atoms with Crippen LogP contribution < -0.4 is 9.04 Å². The average molecular weight is 369 g/mol. The number of anilines is 1. The van der Waals surface area contributed by atoms with E-state index in [-0.39, 0.29) is 10.8 Å². The van der Waals surface area contributed by atoms with Crippen molar-refractivity contribution in [1.82, 2.24) is 0 Å². The number of carbonyl (C=O) groups excluding carboxylic acids is 1. The lowest BCUT2D eigenvalue weighted by atomic mass is 10.3. The molecule has 1 aromatic heterocycles. The van der Waals surface area contributed by atoms with Gasteiger partial charge in [-0.3, -0.25) is 4.31 Å². The van der Waals surface area contributed by atoms with Crippen LogP contribution in [0, 0.1) is 0 Å². The molecule has 1 heterocycles. The van der Waals surface area contributed by atoms with Crippen molar-refractivity contribution in [2.45, 2.75) is 17.6 Å². The normalized spacial score (nSPS) is 11.1. The second-order valence-electron chi connectivity index (χ2n) is 4.91. The lowest BCUT2D eigenvalue weighted by molar-refractivity contribution is -0.146. The zero-order valence-electron chi connectivity index (χ0n) is 13.5. The Morgan fingerprint density at radius 2 is 1.92 bits per heavy atom. The Morgan fingerprint density at radius 1 is 1.21 bits per heavy atom. The Kier molecular flexibility index (Phi) is 6.22. The molecule has 0 N–H and O–H groups in total. The molecule has 2 aromatic rings. The molecule has 0 unspecified atom stereocenters. The van der Waals surface area contributed by atoms with E-state index in [1.807, 2.05) is 6.92 Å². The minimum Gasteiger partial charge on any atom is -0.482 e. The molecule has 0 aliphatic rings. The van der Waals surface area contributed by atoms with Crippen LogP contribution in [0.2, 0.25) is 0 Å². The van der Waals surface area contributed by atoms with Gasteiger partial charge in [0.1, 0.15) is 9.96 Å². The van der Waals surface area contributed by atoms with E-state index in [1.54, 1.807) is 41.8 Å². The fraction of sp³-hybridized carbons (Fsp3) is 0.312. The minimum atomic E-state index is -3.56. The highest BCUT2D eigenvalue weighted by atomic mass is 32.2. The van der Waals surface area contributed by atoms with E-state index >= 15 is 0 Å². The standard InChI is InChI=1S/C16H19NO5S2/c1-3-10-21-15(18)12-22-14-8-6-13(7-9-14)17(2)24(19,20)16-5-4-11-23-16/h4-9,11H,3,10,12H2,1-2H3. The number of thiophene rings is 1. The highest BCUT2D eigenvalue weighted by Crippen LogP contribution is 2.26. The van der Waals surface area contributed by atoms with Gasteiger partial charge in [-0.25, -0.2) is 13.2 Å². The first kappa shape index (κ1) is 18.3. The van der Waals surface area contributed by atoms with E-state index < -0.39 is 16.0 Å². The SMILES string of the molecule is CCCOC(=O)COc1ccc(N(C)S(=O)(=O)c2cccs2)cc1. The topological polar surface area (TPSA) is 72.9 Å². The molecule has 0 atom stereocenters. The van der Waals surface area contributed by atoms with Gasteiger partial charge < -0.3 is 9.47 Å². The average Bonchev–Trinajstić information content (AvgIpc) is 3.13. The molecule has 0 fully saturated rings. The van der Waals surface area contributed by atoms with Gasteiger partial charge in [0, 0.05) is 7.05 Å². The van der Waals surface area contributed by atoms with Gasteiger partial charge in [0.2, 0.25) is 0 Å². The van der Waals surface area contributed by atoms with Crippen molar-refractivity contribution < 1.29 is 22.7 Å². The third kappa shape index (κ3) is 4.48. The van der Waals surface area contributed by atoms with E-state index in [1.165, 1.54) is 22.7 Å². The number of hydrogen-bond donors (Lipinski definition) is 0. The van der Waals surface area contributed by atoms with Crippen LogP contribution in [0.25, 0.3) is 0 Å². The first-order valence-electron chi connectivity index (χ1n) is 7.36. The smallest absolute Gasteiger partial charge is 0.344 e. The second-order valence-corrected chi connectivity index (χ2v) is 8.05. The van der Waals surface area contributed by atoms with Gasteiger partial charge >= 0.3 is 5.97 Å². The Labute approximate surface area is 145 Å². The quantitative estimate of drug-likeness (QED) is 0.669. The zero-order valence-corrected chi connectivity index (χ0v) is 15.1. The van der Waals surface area contributed by atoms with Crippen LogP contribution in [0.15, 0.2) is 46.0 Å². The molecule has 130 valence electrons. The molecule has 0 radical (unpaired) electrons. The largest absolute Gasteiger partial charge is 0.482 e. The fourth-order valence-corrected chi connectivity index (χ4v) is 4.19. The van der Waals surface area contributed by atoms with Gasteiger partial charge in [0.15, 0.2) is 6.61 Å². The summed E-state index contributed by atoms with van der Waals surface area (Å²) in [4.78, 5) is 11.4. The first-order valence-corrected chi connectivity index (χ1v) is 9.68. The summed E-state index contributed by atoms with van der Waals surface area (Å²) in [6, 6.07) is 9.73. The van der Waals surface area contributed by atoms with Crippen molar-refractivity contribution in [3.05, 3.63) is 41.8 Å². The minimum absolute atomic E-state index is 0.178. The lowest BCUT2D eigenvalue weighted by Crippen LogP contribution is -2.25. The van der Waals surface area contributed by atoms with E-state index in [4.69, 9.17) is 9.47 Å². The highest BCUT2D eigenvalue weighted by molar-refractivity contribution is 7.94. The Morgan fingerprint density at radius 3 is 2.50 bits per heavy atom. The van der Waals surface area contributed by atoms with E-state index in [0.717, 1.165) is 6.42 Å². The second kappa shape index (κ2) is 8.16. The van der Waals surface area contributed by atoms with Crippen LogP contribution in [-0.2, 0) is 19.6 Å². The van der Waals surface area contributed by atoms with Crippen LogP contribution in [0.3, 0.4) is 0 Å². The molecular formula is C16H19NO5S2. The molecule has 24 heavy (non-hydrogen) atoms. The molecule has 8 heteroatoms. The molecule has 0 saturated carbocycles. The van der Waals surface area contributed by atoms with Crippen molar-refractivity contribution in [1.29, 1.82) is 0 Å². The van der Waals surface area contributed by atoms with E-state index in [0.29, 0.717) is 18.0 Å². The summed E-state index contributed by atoms with van der Waals surface area (Å²) >= 11 is 1.17. The molecule has 0 amide bonds. The molecule has 0 aliphatic carbocycles. The first-order chi connectivity index (χ1) is 11.4. The summed E-state index contributed by atoms with van der Waals surface area (Å²) in [5, 5.41) is 1.72. The number of hydrogen-bond acceptors (Lipinski definition) is 6. The number of carbonyl (C=O) groups is 1. The van der Waals surface area contributed by atoms with Gasteiger partial charge in [-0.2, -0.15) is 0 Å². The lowest BCUT2D eigenvalue weighted by Gasteiger charge is -2.18. The maximum Gasteiger partial charge on any atom is 0.344 e. The highest BCUT2D eigenvalue weighted by Gasteiger charge is 2.22. The van der Waals surface area contributed by atoms with Crippen molar-refractivity contribution in [3.63, 3.8) is 0 Å². The molecule has 2 rings (SSSR count). The molecule has 0 bridgehead atoms. The van der Waals surface area contributed by atoms with Gasteiger partial charge in [-0.05, 0) is 42.1 Å². The number of nitrogens with zero attached hydrogens (tertiary/aromatic N) is 1. The van der Waals surface area contributed by atoms with Crippen molar-refractivity contribution >= 4 is 33.0 Å². The van der Waals surface area contributed by atoms with Crippen molar-refractivity contribution in [2.75, 3.05) is 24.6 Å². The Balaban J connectivity index is 2.00. The van der Waals surface area contributed by atoms with Crippen LogP contribution in [-0.4, -0.2) is 34.6 Å². The number of esters is 1. The summed E-state index contributed by atoms with van der Waals surface area (Å²) in [6.07, 6.45) is 0.755. The maximum atomic E-state index is 12.4. The van der Waals surface area contributed by atoms with E-state index in [9.17, 15) is 13.2 Å². The third-order valence-corrected chi connectivity index (χ3v) is 6.29. The van der Waals surface area contributed by atoms with E-state index in [2.05, 4.69) is 0 Å². The molecule has 6 nitrogen and oxygen atoms in total. The van der Waals surface area contributed by atoms with Crippen molar-refractivity contribution in [3.8, 4) is 5.75 Å². The summed E-state index contributed by atoms with van der Waals surface area (Å²) < 4.78 is 36.6. The number of ether oxygens (including phenoxy) is 2. The number of rotatable bonds is 8. The maximum absolute atomic E-state index is 12.4. The molecular weight excluding hydrogens is 350 g/mol. The molecule has 0 saturated heterocycles. The summed E-state index contributed by atoms with van der Waals surface area (Å²) in [7, 11) is -2.07. The van der Waals surface area contributed by atoms with Crippen LogP contribution in [0.5, 0.6) is 5.75 Å². The molecule has 0 spiro atoms. The zero-order chi connectivity index (χ0) is 17.6. The molecule has 0 aliphatic heterocycles. The van der Waals surface area contributed by atoms with Gasteiger partial charge in [-0.15, -0.1) is 11.3 Å². The summed E-state index contributed by atoms with van der Waals surface area (Å²) in [5.74, 6) is 0.0347. The predicted molar refractivity (Wildman–Crippen MR) is 93.1 cm³/mol. The third-order valence-electron chi connectivity index (χ3n) is 3.13. The van der Waals surface area contributed by atoms with Crippen LogP contribution >= 0.6 is 11.3 Å². The molecule has 1 aromatic carbocycles. The number of benzene rings is 1. The Hall–Kier alpha value is -2.06. The number of sulfonamides is 1. The van der Waals surface area contributed by atoms with Crippen molar-refractivity contribution in [2.24, 2.45) is 0 Å². The van der Waals surface area contributed by atoms with Gasteiger partial charge in [0.05, 0.1) is 12.3 Å². The monoisotopic (exact) mass is 369 g/mol.